The first-order valence-corrected chi connectivity index (χ1v) is 7.59. The van der Waals surface area contributed by atoms with Crippen molar-refractivity contribution in [2.24, 2.45) is 5.73 Å². The maximum atomic E-state index is 6.20. The zero-order valence-corrected chi connectivity index (χ0v) is 13.4. The molecule has 1 atom stereocenters. The van der Waals surface area contributed by atoms with Gasteiger partial charge in [-0.25, -0.2) is 4.98 Å². The van der Waals surface area contributed by atoms with Crippen molar-refractivity contribution in [1.29, 1.82) is 0 Å². The fraction of sp³-hybridized carbons (Fsp3) is 0.308. The molecule has 0 aliphatic rings. The Hall–Kier alpha value is -0.420. The van der Waals surface area contributed by atoms with Crippen molar-refractivity contribution in [1.82, 2.24) is 4.98 Å². The van der Waals surface area contributed by atoms with E-state index in [2.05, 4.69) is 27.8 Å². The number of hydrogen-bond acceptors (Lipinski definition) is 3. The molecule has 0 bridgehead atoms. The highest BCUT2D eigenvalue weighted by atomic mass is 79.9. The van der Waals surface area contributed by atoms with Crippen LogP contribution in [0.4, 0.5) is 0 Å². The largest absolute Gasteiger partial charge is 0.324 e. The number of nitrogens with two attached hydrogens (primary N) is 1. The SMILES string of the molecule is Cc1nc(CC(N)c2ccc(Br)cc2Cl)sc1C. The minimum atomic E-state index is -0.115. The van der Waals surface area contributed by atoms with Gasteiger partial charge in [-0.05, 0) is 31.5 Å². The topological polar surface area (TPSA) is 38.9 Å². The van der Waals surface area contributed by atoms with Crippen LogP contribution in [-0.2, 0) is 6.42 Å². The molecule has 0 aliphatic heterocycles. The predicted molar refractivity (Wildman–Crippen MR) is 81.4 cm³/mol. The number of aromatic nitrogens is 1. The zero-order valence-electron chi connectivity index (χ0n) is 10.2. The second-order valence-corrected chi connectivity index (χ2v) is 6.84. The molecule has 0 radical (unpaired) electrons. The van der Waals surface area contributed by atoms with Gasteiger partial charge in [-0.15, -0.1) is 11.3 Å². The molecule has 0 fully saturated rings. The highest BCUT2D eigenvalue weighted by Gasteiger charge is 2.14. The molecule has 0 saturated heterocycles. The van der Waals surface area contributed by atoms with Crippen molar-refractivity contribution in [3.05, 3.63) is 48.8 Å². The van der Waals surface area contributed by atoms with Crippen molar-refractivity contribution in [3.63, 3.8) is 0 Å². The number of halogens is 2. The Morgan fingerprint density at radius 2 is 2.17 bits per heavy atom. The zero-order chi connectivity index (χ0) is 13.3. The first-order chi connectivity index (χ1) is 8.47. The first kappa shape index (κ1) is 14.0. The van der Waals surface area contributed by atoms with Crippen LogP contribution in [0.3, 0.4) is 0 Å². The van der Waals surface area contributed by atoms with Crippen molar-refractivity contribution in [3.8, 4) is 0 Å². The quantitative estimate of drug-likeness (QED) is 0.894. The van der Waals surface area contributed by atoms with Crippen molar-refractivity contribution >= 4 is 38.9 Å². The lowest BCUT2D eigenvalue weighted by Gasteiger charge is -2.12. The average molecular weight is 346 g/mol. The normalized spacial score (nSPS) is 12.7. The van der Waals surface area contributed by atoms with Gasteiger partial charge in [0, 0.05) is 26.8 Å². The van der Waals surface area contributed by atoms with Gasteiger partial charge in [-0.3, -0.25) is 0 Å². The van der Waals surface area contributed by atoms with Gasteiger partial charge in [-0.1, -0.05) is 33.6 Å². The number of hydrogen-bond donors (Lipinski definition) is 1. The molecule has 5 heteroatoms. The van der Waals surface area contributed by atoms with Gasteiger partial charge in [-0.2, -0.15) is 0 Å². The maximum Gasteiger partial charge on any atom is 0.0949 e. The van der Waals surface area contributed by atoms with Crippen LogP contribution in [0.15, 0.2) is 22.7 Å². The van der Waals surface area contributed by atoms with Crippen LogP contribution < -0.4 is 5.73 Å². The minimum absolute atomic E-state index is 0.115. The van der Waals surface area contributed by atoms with E-state index in [-0.39, 0.29) is 6.04 Å². The van der Waals surface area contributed by atoms with Gasteiger partial charge in [0.25, 0.3) is 0 Å². The third-order valence-corrected chi connectivity index (χ3v) is 4.75. The Morgan fingerprint density at radius 3 is 2.72 bits per heavy atom. The molecule has 2 N–H and O–H groups in total. The highest BCUT2D eigenvalue weighted by Crippen LogP contribution is 2.28. The molecule has 1 heterocycles. The first-order valence-electron chi connectivity index (χ1n) is 5.61. The molecule has 2 nitrogen and oxygen atoms in total. The van der Waals surface area contributed by atoms with E-state index < -0.39 is 0 Å². The van der Waals surface area contributed by atoms with E-state index in [0.717, 1.165) is 27.2 Å². The number of thiazole rings is 1. The Balaban J connectivity index is 2.19. The molecule has 1 unspecified atom stereocenters. The molecule has 2 aromatic rings. The van der Waals surface area contributed by atoms with Crippen LogP contribution >= 0.6 is 38.9 Å². The van der Waals surface area contributed by atoms with Crippen LogP contribution in [0.5, 0.6) is 0 Å². The number of benzene rings is 1. The molecule has 0 spiro atoms. The highest BCUT2D eigenvalue weighted by molar-refractivity contribution is 9.10. The summed E-state index contributed by atoms with van der Waals surface area (Å²) in [5.74, 6) is 0. The maximum absolute atomic E-state index is 6.20. The summed E-state index contributed by atoms with van der Waals surface area (Å²) >= 11 is 11.3. The lowest BCUT2D eigenvalue weighted by Crippen LogP contribution is -2.13. The van der Waals surface area contributed by atoms with Gasteiger partial charge >= 0.3 is 0 Å². The summed E-state index contributed by atoms with van der Waals surface area (Å²) in [5, 5.41) is 1.76. The summed E-state index contributed by atoms with van der Waals surface area (Å²) in [5.41, 5.74) is 8.25. The van der Waals surface area contributed by atoms with Crippen LogP contribution in [0.2, 0.25) is 5.02 Å². The summed E-state index contributed by atoms with van der Waals surface area (Å²) in [6.07, 6.45) is 0.723. The summed E-state index contributed by atoms with van der Waals surface area (Å²) in [6.45, 7) is 4.10. The summed E-state index contributed by atoms with van der Waals surface area (Å²) in [4.78, 5) is 5.76. The predicted octanol–water partition coefficient (Wildman–Crippen LogP) is 4.42. The molecule has 96 valence electrons. The average Bonchev–Trinajstić information content (AvgIpc) is 2.57. The molecule has 1 aromatic carbocycles. The van der Waals surface area contributed by atoms with Gasteiger partial charge in [0.2, 0.25) is 0 Å². The van der Waals surface area contributed by atoms with Crippen molar-refractivity contribution < 1.29 is 0 Å². The monoisotopic (exact) mass is 344 g/mol. The van der Waals surface area contributed by atoms with Crippen molar-refractivity contribution in [2.45, 2.75) is 26.3 Å². The van der Waals surface area contributed by atoms with E-state index in [0.29, 0.717) is 5.02 Å². The molecule has 0 aliphatic carbocycles. The van der Waals surface area contributed by atoms with E-state index in [9.17, 15) is 0 Å². The Morgan fingerprint density at radius 1 is 1.44 bits per heavy atom. The smallest absolute Gasteiger partial charge is 0.0949 e. The molecule has 1 aromatic heterocycles. The summed E-state index contributed by atoms with van der Waals surface area (Å²) in [6, 6.07) is 5.68. The van der Waals surface area contributed by atoms with Crippen LogP contribution in [0.1, 0.15) is 27.2 Å². The molecule has 0 amide bonds. The Kier molecular flexibility index (Phi) is 4.43. The summed E-state index contributed by atoms with van der Waals surface area (Å²) in [7, 11) is 0. The number of nitrogens with zero attached hydrogens (tertiary/aromatic N) is 1. The second kappa shape index (κ2) is 5.70. The lowest BCUT2D eigenvalue weighted by molar-refractivity contribution is 0.717. The fourth-order valence-electron chi connectivity index (χ4n) is 1.73. The van der Waals surface area contributed by atoms with E-state index in [4.69, 9.17) is 17.3 Å². The van der Waals surface area contributed by atoms with E-state index in [1.165, 1.54) is 4.88 Å². The molecular formula is C13H14BrClN2S. The van der Waals surface area contributed by atoms with Crippen molar-refractivity contribution in [2.75, 3.05) is 0 Å². The third-order valence-electron chi connectivity index (χ3n) is 2.83. The summed E-state index contributed by atoms with van der Waals surface area (Å²) < 4.78 is 0.962. The van der Waals surface area contributed by atoms with Gasteiger partial charge in [0.15, 0.2) is 0 Å². The Bertz CT molecular complexity index is 549. The molecular weight excluding hydrogens is 332 g/mol. The van der Waals surface area contributed by atoms with E-state index in [1.54, 1.807) is 11.3 Å². The Labute approximate surface area is 124 Å². The number of aryl methyl sites for hydroxylation is 2. The fourth-order valence-corrected chi connectivity index (χ4v) is 3.53. The van der Waals surface area contributed by atoms with Gasteiger partial charge in [0.05, 0.1) is 10.7 Å². The third kappa shape index (κ3) is 3.12. The van der Waals surface area contributed by atoms with E-state index >= 15 is 0 Å². The molecule has 2 rings (SSSR count). The standard InChI is InChI=1S/C13H14BrClN2S/c1-7-8(2)18-13(17-7)6-12(16)10-4-3-9(14)5-11(10)15/h3-5,12H,6,16H2,1-2H3. The van der Waals surface area contributed by atoms with E-state index in [1.807, 2.05) is 25.1 Å². The van der Waals surface area contributed by atoms with Crippen LogP contribution in [0, 0.1) is 13.8 Å². The lowest BCUT2D eigenvalue weighted by atomic mass is 10.1. The number of rotatable bonds is 3. The second-order valence-electron chi connectivity index (χ2n) is 4.23. The van der Waals surface area contributed by atoms with Crippen LogP contribution in [0.25, 0.3) is 0 Å². The van der Waals surface area contributed by atoms with Gasteiger partial charge in [0.1, 0.15) is 0 Å². The van der Waals surface area contributed by atoms with Crippen LogP contribution in [-0.4, -0.2) is 4.98 Å². The van der Waals surface area contributed by atoms with Gasteiger partial charge < -0.3 is 5.73 Å². The molecule has 0 saturated carbocycles. The minimum Gasteiger partial charge on any atom is -0.324 e. The molecule has 18 heavy (non-hydrogen) atoms.